The zero-order valence-electron chi connectivity index (χ0n) is 13.7. The average molecular weight is 408 g/mol. The van der Waals surface area contributed by atoms with Gasteiger partial charge in [0.15, 0.2) is 0 Å². The zero-order chi connectivity index (χ0) is 19.7. The van der Waals surface area contributed by atoms with Crippen molar-refractivity contribution in [3.8, 4) is 5.75 Å². The molecule has 3 rings (SSSR count). The van der Waals surface area contributed by atoms with Gasteiger partial charge in [0.2, 0.25) is 0 Å². The highest BCUT2D eigenvalue weighted by molar-refractivity contribution is 6.53. The Morgan fingerprint density at radius 3 is 2.48 bits per heavy atom. The number of carbonyl (C=O) groups is 2. The van der Waals surface area contributed by atoms with Crippen LogP contribution in [0.2, 0.25) is 5.02 Å². The number of methoxy groups -OCH3 is 1. The number of nitro benzene ring substituents is 1. The molecule has 0 aromatic heterocycles. The third kappa shape index (κ3) is 3.44. The third-order valence-electron chi connectivity index (χ3n) is 3.75. The highest BCUT2D eigenvalue weighted by atomic mass is 35.5. The lowest BCUT2D eigenvalue weighted by atomic mass is 10.2. The number of nitro groups is 1. The number of ether oxygens (including phenoxy) is 1. The van der Waals surface area contributed by atoms with Crippen LogP contribution in [0.1, 0.15) is 0 Å². The molecule has 0 saturated carbocycles. The molecule has 1 heterocycles. The lowest BCUT2D eigenvalue weighted by Gasteiger charge is -2.15. The summed E-state index contributed by atoms with van der Waals surface area (Å²) in [6.07, 6.45) is 0. The fourth-order valence-electron chi connectivity index (χ4n) is 2.48. The molecule has 0 saturated heterocycles. The van der Waals surface area contributed by atoms with E-state index in [1.807, 2.05) is 0 Å². The number of non-ortho nitro benzene ring substituents is 1. The van der Waals surface area contributed by atoms with Crippen LogP contribution >= 0.6 is 23.2 Å². The second-order valence-electron chi connectivity index (χ2n) is 5.39. The molecule has 0 unspecified atom stereocenters. The fraction of sp³-hybridized carbons (Fsp3) is 0.0588. The highest BCUT2D eigenvalue weighted by Gasteiger charge is 2.39. The number of hydrogen-bond acceptors (Lipinski definition) is 6. The van der Waals surface area contributed by atoms with Gasteiger partial charge in [0.1, 0.15) is 16.5 Å². The van der Waals surface area contributed by atoms with Gasteiger partial charge >= 0.3 is 0 Å². The van der Waals surface area contributed by atoms with Crippen LogP contribution in [0.4, 0.5) is 17.1 Å². The molecule has 2 aromatic carbocycles. The number of halogens is 2. The molecule has 8 nitrogen and oxygen atoms in total. The van der Waals surface area contributed by atoms with E-state index < -0.39 is 16.7 Å². The lowest BCUT2D eigenvalue weighted by Crippen LogP contribution is -2.32. The van der Waals surface area contributed by atoms with Gasteiger partial charge in [0.05, 0.1) is 22.7 Å². The molecule has 0 radical (unpaired) electrons. The predicted molar refractivity (Wildman–Crippen MR) is 100 cm³/mol. The zero-order valence-corrected chi connectivity index (χ0v) is 15.2. The minimum Gasteiger partial charge on any atom is -0.495 e. The Morgan fingerprint density at radius 2 is 1.85 bits per heavy atom. The van der Waals surface area contributed by atoms with Crippen molar-refractivity contribution < 1.29 is 19.2 Å². The molecule has 10 heteroatoms. The SMILES string of the molecule is COc1ccc(NC2=C(Cl)C(=O)N(c3cccc([N+](=O)[O-])c3)C2=O)cc1Cl. The van der Waals surface area contributed by atoms with Crippen LogP contribution in [0.5, 0.6) is 5.75 Å². The topological polar surface area (TPSA) is 102 Å². The molecular formula is C17H11Cl2N3O5. The van der Waals surface area contributed by atoms with Crippen molar-refractivity contribution in [2.45, 2.75) is 0 Å². The molecule has 0 bridgehead atoms. The largest absolute Gasteiger partial charge is 0.495 e. The standard InChI is InChI=1S/C17H11Cl2N3O5/c1-27-13-6-5-9(7-12(13)18)20-15-14(19)16(23)21(17(15)24)10-3-2-4-11(8-10)22(25)26/h2-8,20H,1H3. The van der Waals surface area contributed by atoms with Crippen LogP contribution in [0, 0.1) is 10.1 Å². The van der Waals surface area contributed by atoms with Crippen molar-refractivity contribution in [3.63, 3.8) is 0 Å². The molecule has 0 spiro atoms. The summed E-state index contributed by atoms with van der Waals surface area (Å²) < 4.78 is 5.05. The Balaban J connectivity index is 1.91. The maximum atomic E-state index is 12.7. The molecule has 1 aliphatic heterocycles. The van der Waals surface area contributed by atoms with Gasteiger partial charge in [0, 0.05) is 17.8 Å². The van der Waals surface area contributed by atoms with Gasteiger partial charge in [-0.25, -0.2) is 4.90 Å². The van der Waals surface area contributed by atoms with E-state index in [1.54, 1.807) is 12.1 Å². The van der Waals surface area contributed by atoms with Gasteiger partial charge in [-0.15, -0.1) is 0 Å². The number of nitrogens with one attached hydrogen (secondary N) is 1. The van der Waals surface area contributed by atoms with Crippen LogP contribution in [0.15, 0.2) is 53.2 Å². The van der Waals surface area contributed by atoms with Gasteiger partial charge in [-0.05, 0) is 24.3 Å². The number of rotatable bonds is 5. The van der Waals surface area contributed by atoms with Crippen molar-refractivity contribution in [2.75, 3.05) is 17.3 Å². The average Bonchev–Trinajstić information content (AvgIpc) is 2.85. The summed E-state index contributed by atoms with van der Waals surface area (Å²) in [5.41, 5.74) is 0.0416. The summed E-state index contributed by atoms with van der Waals surface area (Å²) in [7, 11) is 1.46. The minimum absolute atomic E-state index is 0.0434. The van der Waals surface area contributed by atoms with Crippen LogP contribution in [-0.4, -0.2) is 23.8 Å². The quantitative estimate of drug-likeness (QED) is 0.460. The molecule has 1 N–H and O–H groups in total. The number of imide groups is 1. The first-order valence-corrected chi connectivity index (χ1v) is 8.22. The number of carbonyl (C=O) groups excluding carboxylic acids is 2. The Hall–Kier alpha value is -3.10. The molecule has 138 valence electrons. The lowest BCUT2D eigenvalue weighted by molar-refractivity contribution is -0.384. The first-order chi connectivity index (χ1) is 12.8. The number of amides is 2. The van der Waals surface area contributed by atoms with Gasteiger partial charge < -0.3 is 10.1 Å². The minimum atomic E-state index is -0.788. The van der Waals surface area contributed by atoms with E-state index in [9.17, 15) is 19.7 Å². The van der Waals surface area contributed by atoms with Gasteiger partial charge in [0.25, 0.3) is 17.5 Å². The van der Waals surface area contributed by atoms with Crippen molar-refractivity contribution in [3.05, 3.63) is 68.3 Å². The summed E-state index contributed by atoms with van der Waals surface area (Å²) in [5, 5.41) is 13.7. The van der Waals surface area contributed by atoms with E-state index in [1.165, 1.54) is 31.4 Å². The monoisotopic (exact) mass is 407 g/mol. The second kappa shape index (κ2) is 7.26. The van der Waals surface area contributed by atoms with Crippen LogP contribution in [0.3, 0.4) is 0 Å². The summed E-state index contributed by atoms with van der Waals surface area (Å²) in [6.45, 7) is 0. The molecule has 2 amide bonds. The molecule has 0 aliphatic carbocycles. The summed E-state index contributed by atoms with van der Waals surface area (Å²) in [6, 6.07) is 9.83. The van der Waals surface area contributed by atoms with E-state index in [0.717, 1.165) is 11.0 Å². The van der Waals surface area contributed by atoms with E-state index in [4.69, 9.17) is 27.9 Å². The van der Waals surface area contributed by atoms with Crippen LogP contribution < -0.4 is 15.0 Å². The second-order valence-corrected chi connectivity index (χ2v) is 6.17. The molecule has 2 aromatic rings. The molecule has 1 aliphatic rings. The maximum absolute atomic E-state index is 12.7. The van der Waals surface area contributed by atoms with Crippen LogP contribution in [-0.2, 0) is 9.59 Å². The Kier molecular flexibility index (Phi) is 5.02. The Labute approximate surface area is 163 Å². The van der Waals surface area contributed by atoms with Crippen molar-refractivity contribution in [2.24, 2.45) is 0 Å². The van der Waals surface area contributed by atoms with Gasteiger partial charge in [-0.1, -0.05) is 29.3 Å². The van der Waals surface area contributed by atoms with Gasteiger partial charge in [-0.2, -0.15) is 0 Å². The summed E-state index contributed by atoms with van der Waals surface area (Å²) in [5.74, 6) is -1.09. The van der Waals surface area contributed by atoms with Crippen molar-refractivity contribution >= 4 is 52.1 Å². The smallest absolute Gasteiger partial charge is 0.283 e. The maximum Gasteiger partial charge on any atom is 0.283 e. The first kappa shape index (κ1) is 18.7. The molecule has 0 atom stereocenters. The van der Waals surface area contributed by atoms with Crippen molar-refractivity contribution in [1.29, 1.82) is 0 Å². The molecule has 0 fully saturated rings. The first-order valence-electron chi connectivity index (χ1n) is 7.47. The number of nitrogens with zero attached hydrogens (tertiary/aromatic N) is 2. The molecule has 27 heavy (non-hydrogen) atoms. The predicted octanol–water partition coefficient (Wildman–Crippen LogP) is 3.69. The van der Waals surface area contributed by atoms with E-state index in [2.05, 4.69) is 5.32 Å². The normalized spacial score (nSPS) is 14.0. The van der Waals surface area contributed by atoms with Crippen molar-refractivity contribution in [1.82, 2.24) is 0 Å². The van der Waals surface area contributed by atoms with Gasteiger partial charge in [-0.3, -0.25) is 19.7 Å². The Morgan fingerprint density at radius 1 is 1.11 bits per heavy atom. The fourth-order valence-corrected chi connectivity index (χ4v) is 2.95. The third-order valence-corrected chi connectivity index (χ3v) is 4.39. The van der Waals surface area contributed by atoms with Crippen LogP contribution in [0.25, 0.3) is 0 Å². The number of hydrogen-bond donors (Lipinski definition) is 1. The highest BCUT2D eigenvalue weighted by Crippen LogP contribution is 2.33. The number of benzene rings is 2. The van der Waals surface area contributed by atoms with E-state index in [-0.39, 0.29) is 22.1 Å². The van der Waals surface area contributed by atoms with E-state index >= 15 is 0 Å². The number of anilines is 2. The molecular weight excluding hydrogens is 397 g/mol. The summed E-state index contributed by atoms with van der Waals surface area (Å²) in [4.78, 5) is 36.2. The van der Waals surface area contributed by atoms with E-state index in [0.29, 0.717) is 16.5 Å². The summed E-state index contributed by atoms with van der Waals surface area (Å²) >= 11 is 12.1. The Bertz CT molecular complexity index is 1010.